The number of benzene rings is 3. The van der Waals surface area contributed by atoms with Gasteiger partial charge in [-0.1, -0.05) is 42.5 Å². The Hall–Kier alpha value is -3.28. The van der Waals surface area contributed by atoms with Crippen LogP contribution in [0.2, 0.25) is 0 Å². The molecule has 4 aromatic rings. The highest BCUT2D eigenvalue weighted by atomic mass is 19.4. The van der Waals surface area contributed by atoms with Crippen LogP contribution in [0, 0.1) is 0 Å². The van der Waals surface area contributed by atoms with Gasteiger partial charge in [-0.2, -0.15) is 13.2 Å². The van der Waals surface area contributed by atoms with Gasteiger partial charge in [0, 0.05) is 11.7 Å². The molecule has 0 aliphatic heterocycles. The predicted molar refractivity (Wildman–Crippen MR) is 110 cm³/mol. The number of rotatable bonds is 4. The molecular weight excluding hydrogens is 375 g/mol. The van der Waals surface area contributed by atoms with Crippen molar-refractivity contribution in [3.8, 4) is 11.1 Å². The molecule has 0 atom stereocenters. The Morgan fingerprint density at radius 3 is 2.14 bits per heavy atom. The van der Waals surface area contributed by atoms with Crippen LogP contribution in [-0.2, 0) is 6.18 Å². The van der Waals surface area contributed by atoms with E-state index in [0.29, 0.717) is 17.0 Å². The molecule has 0 bridgehead atoms. The Labute approximate surface area is 166 Å². The maximum atomic E-state index is 13.1. The second-order valence-corrected chi connectivity index (χ2v) is 7.17. The molecule has 1 aromatic heterocycles. The number of hydrogen-bond donors (Lipinski definition) is 1. The fourth-order valence-electron chi connectivity index (χ4n) is 3.39. The van der Waals surface area contributed by atoms with Crippen LogP contribution in [0.3, 0.4) is 0 Å². The van der Waals surface area contributed by atoms with Crippen molar-refractivity contribution in [3.05, 3.63) is 78.4 Å². The van der Waals surface area contributed by atoms with Gasteiger partial charge in [-0.25, -0.2) is 4.98 Å². The molecule has 0 unspecified atom stereocenters. The minimum atomic E-state index is -4.39. The normalized spacial score (nSPS) is 11.9. The zero-order chi connectivity index (χ0) is 20.6. The van der Waals surface area contributed by atoms with Crippen molar-refractivity contribution in [1.29, 1.82) is 0 Å². The first-order valence-electron chi connectivity index (χ1n) is 9.34. The third-order valence-electron chi connectivity index (χ3n) is 4.78. The van der Waals surface area contributed by atoms with Gasteiger partial charge in [-0.05, 0) is 55.3 Å². The number of nitrogens with one attached hydrogen (secondary N) is 1. The lowest BCUT2D eigenvalue weighted by molar-refractivity contribution is -0.137. The number of alkyl halides is 3. The van der Waals surface area contributed by atoms with Gasteiger partial charge in [-0.3, -0.25) is 0 Å². The topological polar surface area (TPSA) is 29.9 Å². The summed E-state index contributed by atoms with van der Waals surface area (Å²) < 4.78 is 41.1. The lowest BCUT2D eigenvalue weighted by atomic mass is 10.1. The average Bonchev–Trinajstić information content (AvgIpc) is 3.06. The molecule has 0 radical (unpaired) electrons. The fraction of sp³-hybridized carbons (Fsp3) is 0.174. The smallest absolute Gasteiger partial charge is 0.326 e. The van der Waals surface area contributed by atoms with Crippen LogP contribution in [0.1, 0.15) is 25.5 Å². The molecule has 3 nitrogen and oxygen atoms in total. The number of nitrogens with zero attached hydrogens (tertiary/aromatic N) is 2. The average molecular weight is 395 g/mol. The van der Waals surface area contributed by atoms with Gasteiger partial charge in [0.2, 0.25) is 5.95 Å². The summed E-state index contributed by atoms with van der Waals surface area (Å²) in [5.74, 6) is 0.516. The van der Waals surface area contributed by atoms with Crippen LogP contribution >= 0.6 is 0 Å². The van der Waals surface area contributed by atoms with Crippen molar-refractivity contribution >= 4 is 22.7 Å². The highest BCUT2D eigenvalue weighted by Gasteiger charge is 2.31. The maximum absolute atomic E-state index is 13.1. The van der Waals surface area contributed by atoms with Crippen molar-refractivity contribution in [2.45, 2.75) is 26.1 Å². The standard InChI is InChI=1S/C23H20F3N3/c1-15(2)29-21-13-10-18(23(24,25)26)14-20(21)28-22(29)27-19-11-8-17(9-12-19)16-6-4-3-5-7-16/h3-15H,1-2H3,(H,27,28). The summed E-state index contributed by atoms with van der Waals surface area (Å²) in [6.45, 7) is 3.95. The van der Waals surface area contributed by atoms with E-state index in [1.54, 1.807) is 0 Å². The third kappa shape index (κ3) is 3.83. The monoisotopic (exact) mass is 395 g/mol. The van der Waals surface area contributed by atoms with Gasteiger partial charge in [0.25, 0.3) is 0 Å². The molecule has 0 amide bonds. The predicted octanol–water partition coefficient (Wildman–Crippen LogP) is 7.05. The van der Waals surface area contributed by atoms with E-state index in [2.05, 4.69) is 10.3 Å². The minimum Gasteiger partial charge on any atom is -0.326 e. The van der Waals surface area contributed by atoms with E-state index < -0.39 is 11.7 Å². The summed E-state index contributed by atoms with van der Waals surface area (Å²) in [4.78, 5) is 4.44. The van der Waals surface area contributed by atoms with E-state index >= 15 is 0 Å². The Morgan fingerprint density at radius 2 is 1.52 bits per heavy atom. The van der Waals surface area contributed by atoms with E-state index in [1.807, 2.05) is 73.0 Å². The number of halogens is 3. The molecule has 4 rings (SSSR count). The van der Waals surface area contributed by atoms with Crippen LogP contribution in [-0.4, -0.2) is 9.55 Å². The van der Waals surface area contributed by atoms with Crippen LogP contribution in [0.15, 0.2) is 72.8 Å². The van der Waals surface area contributed by atoms with E-state index in [9.17, 15) is 13.2 Å². The lowest BCUT2D eigenvalue weighted by Crippen LogP contribution is -2.06. The van der Waals surface area contributed by atoms with E-state index in [-0.39, 0.29) is 6.04 Å². The SMILES string of the molecule is CC(C)n1c(Nc2ccc(-c3ccccc3)cc2)nc2cc(C(F)(F)F)ccc21. The first-order chi connectivity index (χ1) is 13.8. The van der Waals surface area contributed by atoms with Crippen LogP contribution in [0.4, 0.5) is 24.8 Å². The van der Waals surface area contributed by atoms with Crippen molar-refractivity contribution in [2.24, 2.45) is 0 Å². The Balaban J connectivity index is 1.69. The largest absolute Gasteiger partial charge is 0.416 e. The van der Waals surface area contributed by atoms with Crippen LogP contribution < -0.4 is 5.32 Å². The van der Waals surface area contributed by atoms with Crippen LogP contribution in [0.5, 0.6) is 0 Å². The highest BCUT2D eigenvalue weighted by molar-refractivity contribution is 5.81. The summed E-state index contributed by atoms with van der Waals surface area (Å²) >= 11 is 0. The summed E-state index contributed by atoms with van der Waals surface area (Å²) in [6, 6.07) is 21.6. The minimum absolute atomic E-state index is 0.0304. The van der Waals surface area contributed by atoms with E-state index in [4.69, 9.17) is 0 Å². The summed E-state index contributed by atoms with van der Waals surface area (Å²) in [7, 11) is 0. The second-order valence-electron chi connectivity index (χ2n) is 7.17. The molecule has 0 saturated heterocycles. The Kier molecular flexibility index (Phi) is 4.78. The first kappa shape index (κ1) is 19.1. The summed E-state index contributed by atoms with van der Waals surface area (Å²) in [5.41, 5.74) is 3.31. The molecule has 0 saturated carbocycles. The number of aromatic nitrogens is 2. The lowest BCUT2D eigenvalue weighted by Gasteiger charge is -2.14. The van der Waals surface area contributed by atoms with Crippen LogP contribution in [0.25, 0.3) is 22.2 Å². The highest BCUT2D eigenvalue weighted by Crippen LogP contribution is 2.34. The first-order valence-corrected chi connectivity index (χ1v) is 9.34. The van der Waals surface area contributed by atoms with Crippen molar-refractivity contribution in [3.63, 3.8) is 0 Å². The zero-order valence-corrected chi connectivity index (χ0v) is 16.0. The number of fused-ring (bicyclic) bond motifs is 1. The number of hydrogen-bond acceptors (Lipinski definition) is 2. The van der Waals surface area contributed by atoms with Gasteiger partial charge in [-0.15, -0.1) is 0 Å². The van der Waals surface area contributed by atoms with Crippen molar-refractivity contribution < 1.29 is 13.2 Å². The van der Waals surface area contributed by atoms with Gasteiger partial charge in [0.05, 0.1) is 16.6 Å². The molecule has 3 aromatic carbocycles. The van der Waals surface area contributed by atoms with Gasteiger partial charge in [0.1, 0.15) is 0 Å². The Bertz CT molecular complexity index is 1130. The van der Waals surface area contributed by atoms with Crippen molar-refractivity contribution in [1.82, 2.24) is 9.55 Å². The molecule has 0 aliphatic rings. The van der Waals surface area contributed by atoms with Gasteiger partial charge >= 0.3 is 6.18 Å². The molecule has 1 N–H and O–H groups in total. The van der Waals surface area contributed by atoms with E-state index in [1.165, 1.54) is 6.07 Å². The number of anilines is 2. The molecular formula is C23H20F3N3. The molecule has 148 valence electrons. The molecule has 6 heteroatoms. The quantitative estimate of drug-likeness (QED) is 0.401. The molecule has 0 spiro atoms. The van der Waals surface area contributed by atoms with Gasteiger partial charge in [0.15, 0.2) is 0 Å². The number of imidazole rings is 1. The second kappa shape index (κ2) is 7.28. The molecule has 1 heterocycles. The molecule has 29 heavy (non-hydrogen) atoms. The summed E-state index contributed by atoms with van der Waals surface area (Å²) in [5, 5.41) is 3.25. The Morgan fingerprint density at radius 1 is 0.862 bits per heavy atom. The van der Waals surface area contributed by atoms with E-state index in [0.717, 1.165) is 28.9 Å². The maximum Gasteiger partial charge on any atom is 0.416 e. The fourth-order valence-corrected chi connectivity index (χ4v) is 3.39. The van der Waals surface area contributed by atoms with Crippen molar-refractivity contribution in [2.75, 3.05) is 5.32 Å². The molecule has 0 fully saturated rings. The molecule has 0 aliphatic carbocycles. The van der Waals surface area contributed by atoms with Gasteiger partial charge < -0.3 is 9.88 Å². The summed E-state index contributed by atoms with van der Waals surface area (Å²) in [6.07, 6.45) is -4.39. The zero-order valence-electron chi connectivity index (χ0n) is 16.0. The third-order valence-corrected chi connectivity index (χ3v) is 4.78.